The van der Waals surface area contributed by atoms with Gasteiger partial charge in [-0.3, -0.25) is 9.59 Å². The number of amides is 2. The van der Waals surface area contributed by atoms with E-state index in [4.69, 9.17) is 9.47 Å². The molecule has 1 N–H and O–H groups in total. The van der Waals surface area contributed by atoms with Crippen LogP contribution in [0.25, 0.3) is 0 Å². The third kappa shape index (κ3) is 5.24. The van der Waals surface area contributed by atoms with Gasteiger partial charge < -0.3 is 19.7 Å². The van der Waals surface area contributed by atoms with Gasteiger partial charge in [-0.25, -0.2) is 0 Å². The van der Waals surface area contributed by atoms with E-state index in [9.17, 15) is 9.59 Å². The molecule has 2 aromatic carbocycles. The van der Waals surface area contributed by atoms with E-state index in [0.29, 0.717) is 37.4 Å². The summed E-state index contributed by atoms with van der Waals surface area (Å²) in [7, 11) is 1.65. The highest BCUT2D eigenvalue weighted by Crippen LogP contribution is 2.27. The van der Waals surface area contributed by atoms with Crippen LogP contribution in [0.1, 0.15) is 16.0 Å². The fourth-order valence-electron chi connectivity index (χ4n) is 3.59. The lowest BCUT2D eigenvalue weighted by Gasteiger charge is -2.21. The Morgan fingerprint density at radius 1 is 1.19 bits per heavy atom. The molecule has 1 aliphatic heterocycles. The first-order chi connectivity index (χ1) is 15.1. The topological polar surface area (TPSA) is 67.9 Å². The van der Waals surface area contributed by atoms with Gasteiger partial charge in [-0.05, 0) is 47.7 Å². The molecular weight excluding hydrogens is 412 g/mol. The van der Waals surface area contributed by atoms with Gasteiger partial charge in [0.2, 0.25) is 5.91 Å². The van der Waals surface area contributed by atoms with Crippen molar-refractivity contribution < 1.29 is 19.1 Å². The summed E-state index contributed by atoms with van der Waals surface area (Å²) in [4.78, 5) is 27.7. The van der Waals surface area contributed by atoms with E-state index < -0.39 is 0 Å². The van der Waals surface area contributed by atoms with E-state index in [1.54, 1.807) is 29.4 Å². The fraction of sp³-hybridized carbons (Fsp3) is 0.250. The summed E-state index contributed by atoms with van der Waals surface area (Å²) < 4.78 is 11.1. The second-order valence-corrected chi connectivity index (χ2v) is 8.32. The minimum atomic E-state index is -0.0685. The molecule has 0 spiro atoms. The van der Waals surface area contributed by atoms with E-state index >= 15 is 0 Å². The van der Waals surface area contributed by atoms with Crippen molar-refractivity contribution in [2.45, 2.75) is 19.4 Å². The van der Waals surface area contributed by atoms with Crippen molar-refractivity contribution in [1.29, 1.82) is 0 Å². The normalized spacial score (nSPS) is 13.2. The van der Waals surface area contributed by atoms with Crippen LogP contribution in [0, 0.1) is 0 Å². The Balaban J connectivity index is 1.44. The third-order valence-electron chi connectivity index (χ3n) is 5.17. The molecule has 31 heavy (non-hydrogen) atoms. The zero-order chi connectivity index (χ0) is 21.6. The Labute approximate surface area is 185 Å². The Bertz CT molecular complexity index is 1070. The average Bonchev–Trinajstić information content (AvgIpc) is 3.23. The van der Waals surface area contributed by atoms with Crippen LogP contribution in [0.15, 0.2) is 60.0 Å². The molecule has 2 amide bonds. The highest BCUT2D eigenvalue weighted by atomic mass is 32.1. The summed E-state index contributed by atoms with van der Waals surface area (Å²) in [5.41, 5.74) is 2.63. The molecule has 3 aromatic rings. The smallest absolute Gasteiger partial charge is 0.260 e. The van der Waals surface area contributed by atoms with E-state index in [1.165, 1.54) is 0 Å². The number of hydrogen-bond acceptors (Lipinski definition) is 5. The van der Waals surface area contributed by atoms with Crippen LogP contribution in [0.4, 0.5) is 5.69 Å². The molecule has 0 saturated carbocycles. The standard InChI is InChI=1S/C24H24N2O4S/c1-29-21-7-3-2-5-17(21)10-11-26-15-18-13-19(8-9-22(18)30-16-24(26)28)25-23(27)14-20-6-4-12-31-20/h2-9,12-13H,10-11,14-16H2,1H3,(H,25,27). The second-order valence-electron chi connectivity index (χ2n) is 7.29. The summed E-state index contributed by atoms with van der Waals surface area (Å²) in [6.07, 6.45) is 1.02. The van der Waals surface area contributed by atoms with E-state index in [0.717, 1.165) is 21.8 Å². The predicted molar refractivity (Wildman–Crippen MR) is 121 cm³/mol. The lowest BCUT2D eigenvalue weighted by molar-refractivity contribution is -0.133. The molecule has 6 nitrogen and oxygen atoms in total. The number of rotatable bonds is 7. The summed E-state index contributed by atoms with van der Waals surface area (Å²) in [6.45, 7) is 0.984. The van der Waals surface area contributed by atoms with Gasteiger partial charge in [0.05, 0.1) is 13.5 Å². The third-order valence-corrected chi connectivity index (χ3v) is 6.04. The van der Waals surface area contributed by atoms with Crippen LogP contribution in [0.5, 0.6) is 11.5 Å². The zero-order valence-electron chi connectivity index (χ0n) is 17.3. The molecule has 1 aromatic heterocycles. The molecule has 160 valence electrons. The van der Waals surface area contributed by atoms with Crippen LogP contribution in [0.2, 0.25) is 0 Å². The summed E-state index contributed by atoms with van der Waals surface area (Å²) in [5, 5.41) is 4.90. The maximum Gasteiger partial charge on any atom is 0.260 e. The molecule has 2 heterocycles. The first-order valence-corrected chi connectivity index (χ1v) is 11.0. The van der Waals surface area contributed by atoms with Crippen LogP contribution in [0.3, 0.4) is 0 Å². The minimum Gasteiger partial charge on any atom is -0.496 e. The molecule has 0 radical (unpaired) electrons. The molecule has 0 saturated heterocycles. The van der Waals surface area contributed by atoms with Gasteiger partial charge in [0.25, 0.3) is 5.91 Å². The largest absolute Gasteiger partial charge is 0.496 e. The van der Waals surface area contributed by atoms with Crippen molar-refractivity contribution >= 4 is 28.8 Å². The predicted octanol–water partition coefficient (Wildman–Crippen LogP) is 3.90. The van der Waals surface area contributed by atoms with Crippen molar-refractivity contribution in [3.63, 3.8) is 0 Å². The number of thiophene rings is 1. The van der Waals surface area contributed by atoms with Crippen molar-refractivity contribution in [3.05, 3.63) is 76.0 Å². The van der Waals surface area contributed by atoms with Crippen molar-refractivity contribution in [2.75, 3.05) is 25.6 Å². The second kappa shape index (κ2) is 9.66. The van der Waals surface area contributed by atoms with Gasteiger partial charge in [0.1, 0.15) is 11.5 Å². The molecule has 0 unspecified atom stereocenters. The first kappa shape index (κ1) is 20.9. The fourth-order valence-corrected chi connectivity index (χ4v) is 4.29. The monoisotopic (exact) mass is 436 g/mol. The highest BCUT2D eigenvalue weighted by molar-refractivity contribution is 7.10. The Morgan fingerprint density at radius 3 is 2.87 bits per heavy atom. The van der Waals surface area contributed by atoms with Crippen LogP contribution in [-0.2, 0) is 29.0 Å². The number of nitrogens with one attached hydrogen (secondary N) is 1. The van der Waals surface area contributed by atoms with E-state index in [1.807, 2.05) is 53.9 Å². The number of benzene rings is 2. The number of fused-ring (bicyclic) bond motifs is 1. The SMILES string of the molecule is COc1ccccc1CCN1Cc2cc(NC(=O)Cc3cccs3)ccc2OCC1=O. The van der Waals surface area contributed by atoms with E-state index in [-0.39, 0.29) is 18.4 Å². The van der Waals surface area contributed by atoms with E-state index in [2.05, 4.69) is 5.32 Å². The lowest BCUT2D eigenvalue weighted by Crippen LogP contribution is -2.34. The van der Waals surface area contributed by atoms with Gasteiger partial charge >= 0.3 is 0 Å². The molecule has 7 heteroatoms. The summed E-state index contributed by atoms with van der Waals surface area (Å²) >= 11 is 1.56. The molecule has 0 bridgehead atoms. The highest BCUT2D eigenvalue weighted by Gasteiger charge is 2.22. The summed E-state index contributed by atoms with van der Waals surface area (Å²) in [5.74, 6) is 1.36. The lowest BCUT2D eigenvalue weighted by atomic mass is 10.1. The maximum absolute atomic E-state index is 12.6. The van der Waals surface area contributed by atoms with Gasteiger partial charge in [-0.2, -0.15) is 0 Å². The molecule has 0 fully saturated rings. The Kier molecular flexibility index (Phi) is 6.52. The van der Waals surface area contributed by atoms with Gasteiger partial charge in [-0.15, -0.1) is 11.3 Å². The number of ether oxygens (including phenoxy) is 2. The van der Waals surface area contributed by atoms with Crippen molar-refractivity contribution in [2.24, 2.45) is 0 Å². The number of nitrogens with zero attached hydrogens (tertiary/aromatic N) is 1. The quantitative estimate of drug-likeness (QED) is 0.610. The molecular formula is C24H24N2O4S. The van der Waals surface area contributed by atoms with Crippen LogP contribution >= 0.6 is 11.3 Å². The first-order valence-electron chi connectivity index (χ1n) is 10.1. The van der Waals surface area contributed by atoms with Crippen LogP contribution in [-0.4, -0.2) is 37.0 Å². The molecule has 4 rings (SSSR count). The van der Waals surface area contributed by atoms with Gasteiger partial charge in [-0.1, -0.05) is 24.3 Å². The molecule has 0 aliphatic carbocycles. The van der Waals surface area contributed by atoms with Crippen LogP contribution < -0.4 is 14.8 Å². The number of carbonyl (C=O) groups excluding carboxylic acids is 2. The number of anilines is 1. The van der Waals surface area contributed by atoms with Crippen molar-refractivity contribution in [3.8, 4) is 11.5 Å². The Hall–Kier alpha value is -3.32. The number of para-hydroxylation sites is 1. The van der Waals surface area contributed by atoms with Crippen molar-refractivity contribution in [1.82, 2.24) is 4.90 Å². The summed E-state index contributed by atoms with van der Waals surface area (Å²) in [6, 6.07) is 17.2. The number of hydrogen-bond donors (Lipinski definition) is 1. The molecule has 1 aliphatic rings. The maximum atomic E-state index is 12.6. The minimum absolute atomic E-state index is 0.00298. The van der Waals surface area contributed by atoms with Gasteiger partial charge in [0.15, 0.2) is 6.61 Å². The Morgan fingerprint density at radius 2 is 2.06 bits per heavy atom. The number of carbonyl (C=O) groups is 2. The molecule has 0 atom stereocenters. The van der Waals surface area contributed by atoms with Gasteiger partial charge in [0, 0.05) is 29.2 Å². The number of methoxy groups -OCH3 is 1. The zero-order valence-corrected chi connectivity index (χ0v) is 18.1. The average molecular weight is 437 g/mol.